The number of allylic oxidation sites excluding steroid dienone is 1. The second-order valence-corrected chi connectivity index (χ2v) is 4.49. The SMILES string of the molecule is C=C(C)C(O)=C(C#N)C(=O)Nc1ccc(Br)cc1. The lowest BCUT2D eigenvalue weighted by Gasteiger charge is -2.06. The summed E-state index contributed by atoms with van der Waals surface area (Å²) in [5, 5.41) is 20.9. The number of carbonyl (C=O) groups is 1. The van der Waals surface area contributed by atoms with Crippen molar-refractivity contribution in [2.45, 2.75) is 6.92 Å². The van der Waals surface area contributed by atoms with Gasteiger partial charge in [0.25, 0.3) is 5.91 Å². The minimum Gasteiger partial charge on any atom is -0.506 e. The molecular formula is C13H11BrN2O2. The standard InChI is InChI=1S/C13H11BrN2O2/c1-8(2)12(17)11(7-15)13(18)16-10-5-3-9(14)4-6-10/h3-6,17H,1H2,2H3,(H,16,18). The first-order valence-electron chi connectivity index (χ1n) is 5.02. The Morgan fingerprint density at radius 3 is 2.44 bits per heavy atom. The average Bonchev–Trinajstić information content (AvgIpc) is 2.32. The third kappa shape index (κ3) is 3.47. The molecule has 0 aliphatic heterocycles. The van der Waals surface area contributed by atoms with Gasteiger partial charge in [0.05, 0.1) is 0 Å². The van der Waals surface area contributed by atoms with E-state index in [2.05, 4.69) is 27.8 Å². The van der Waals surface area contributed by atoms with Gasteiger partial charge in [0.15, 0.2) is 5.57 Å². The lowest BCUT2D eigenvalue weighted by Crippen LogP contribution is -2.15. The monoisotopic (exact) mass is 306 g/mol. The zero-order valence-electron chi connectivity index (χ0n) is 9.70. The van der Waals surface area contributed by atoms with Crippen LogP contribution in [0.5, 0.6) is 0 Å². The zero-order valence-corrected chi connectivity index (χ0v) is 11.3. The average molecular weight is 307 g/mol. The second-order valence-electron chi connectivity index (χ2n) is 3.58. The molecule has 18 heavy (non-hydrogen) atoms. The number of aliphatic hydroxyl groups is 1. The summed E-state index contributed by atoms with van der Waals surface area (Å²) in [6.07, 6.45) is 0. The molecule has 0 saturated carbocycles. The summed E-state index contributed by atoms with van der Waals surface area (Å²) in [5.41, 5.74) is 0.438. The molecule has 0 saturated heterocycles. The Bertz CT molecular complexity index is 553. The van der Waals surface area contributed by atoms with E-state index in [1.165, 1.54) is 6.92 Å². The van der Waals surface area contributed by atoms with Gasteiger partial charge >= 0.3 is 0 Å². The van der Waals surface area contributed by atoms with Crippen LogP contribution in [0.1, 0.15) is 6.92 Å². The van der Waals surface area contributed by atoms with Crippen LogP contribution in [-0.4, -0.2) is 11.0 Å². The first kappa shape index (κ1) is 14.0. The minimum atomic E-state index is -0.666. The number of anilines is 1. The van der Waals surface area contributed by atoms with Crippen molar-refractivity contribution in [3.8, 4) is 6.07 Å². The lowest BCUT2D eigenvalue weighted by atomic mass is 10.1. The van der Waals surface area contributed by atoms with Crippen LogP contribution in [-0.2, 0) is 4.79 Å². The summed E-state index contributed by atoms with van der Waals surface area (Å²) in [5.74, 6) is -1.06. The Morgan fingerprint density at radius 1 is 1.44 bits per heavy atom. The highest BCUT2D eigenvalue weighted by Gasteiger charge is 2.15. The highest BCUT2D eigenvalue weighted by atomic mass is 79.9. The zero-order chi connectivity index (χ0) is 13.7. The molecule has 5 heteroatoms. The van der Waals surface area contributed by atoms with Gasteiger partial charge in [-0.2, -0.15) is 5.26 Å². The van der Waals surface area contributed by atoms with Crippen LogP contribution in [0.3, 0.4) is 0 Å². The number of carbonyl (C=O) groups excluding carboxylic acids is 1. The molecule has 1 aromatic carbocycles. The van der Waals surface area contributed by atoms with Gasteiger partial charge in [-0.15, -0.1) is 0 Å². The van der Waals surface area contributed by atoms with Crippen molar-refractivity contribution >= 4 is 27.5 Å². The number of nitrogens with one attached hydrogen (secondary N) is 1. The van der Waals surface area contributed by atoms with Crippen molar-refractivity contribution in [3.05, 3.63) is 52.2 Å². The van der Waals surface area contributed by atoms with E-state index in [-0.39, 0.29) is 11.1 Å². The van der Waals surface area contributed by atoms with Gasteiger partial charge in [0.2, 0.25) is 0 Å². The Balaban J connectivity index is 2.95. The van der Waals surface area contributed by atoms with Crippen molar-refractivity contribution < 1.29 is 9.90 Å². The van der Waals surface area contributed by atoms with Crippen molar-refractivity contribution in [2.24, 2.45) is 0 Å². The highest BCUT2D eigenvalue weighted by molar-refractivity contribution is 9.10. The predicted octanol–water partition coefficient (Wildman–Crippen LogP) is 3.30. The number of hydrogen-bond acceptors (Lipinski definition) is 3. The molecule has 2 N–H and O–H groups in total. The topological polar surface area (TPSA) is 73.1 Å². The maximum atomic E-state index is 11.8. The number of amides is 1. The van der Waals surface area contributed by atoms with E-state index >= 15 is 0 Å². The molecule has 92 valence electrons. The molecule has 4 nitrogen and oxygen atoms in total. The number of halogens is 1. The number of rotatable bonds is 3. The molecule has 1 aromatic rings. The number of benzene rings is 1. The molecule has 1 amide bonds. The van der Waals surface area contributed by atoms with Gasteiger partial charge in [-0.05, 0) is 36.8 Å². The van der Waals surface area contributed by atoms with Gasteiger partial charge in [0.1, 0.15) is 11.8 Å². The molecule has 1 rings (SSSR count). The maximum Gasteiger partial charge on any atom is 0.270 e. The number of aliphatic hydroxyl groups excluding tert-OH is 1. The number of nitriles is 1. The Hall–Kier alpha value is -2.06. The molecule has 0 heterocycles. The van der Waals surface area contributed by atoms with E-state index in [1.807, 2.05) is 0 Å². The van der Waals surface area contributed by atoms with Crippen molar-refractivity contribution in [1.29, 1.82) is 5.26 Å². The van der Waals surface area contributed by atoms with Gasteiger partial charge in [-0.25, -0.2) is 0 Å². The molecule has 0 aromatic heterocycles. The summed E-state index contributed by atoms with van der Waals surface area (Å²) >= 11 is 3.27. The molecule has 0 unspecified atom stereocenters. The predicted molar refractivity (Wildman–Crippen MR) is 72.9 cm³/mol. The quantitative estimate of drug-likeness (QED) is 0.389. The van der Waals surface area contributed by atoms with Gasteiger partial charge in [0, 0.05) is 10.2 Å². The van der Waals surface area contributed by atoms with Crippen LogP contribution in [0, 0.1) is 11.3 Å². The van der Waals surface area contributed by atoms with Crippen molar-refractivity contribution in [2.75, 3.05) is 5.32 Å². The van der Waals surface area contributed by atoms with E-state index in [0.717, 1.165) is 4.47 Å². The minimum absolute atomic E-state index is 0.262. The van der Waals surface area contributed by atoms with Crippen molar-refractivity contribution in [1.82, 2.24) is 0 Å². The van der Waals surface area contributed by atoms with Crippen LogP contribution in [0.2, 0.25) is 0 Å². The van der Waals surface area contributed by atoms with E-state index in [0.29, 0.717) is 5.69 Å². The number of nitrogens with zero attached hydrogens (tertiary/aromatic N) is 1. The molecule has 0 spiro atoms. The van der Waals surface area contributed by atoms with E-state index in [1.54, 1.807) is 30.3 Å². The van der Waals surface area contributed by atoms with Gasteiger partial charge in [-0.1, -0.05) is 22.5 Å². The largest absolute Gasteiger partial charge is 0.506 e. The third-order valence-electron chi connectivity index (χ3n) is 2.08. The fourth-order valence-corrected chi connectivity index (χ4v) is 1.42. The first-order valence-corrected chi connectivity index (χ1v) is 5.81. The molecule has 0 aliphatic carbocycles. The summed E-state index contributed by atoms with van der Waals surface area (Å²) in [7, 11) is 0. The summed E-state index contributed by atoms with van der Waals surface area (Å²) in [6, 6.07) is 8.52. The lowest BCUT2D eigenvalue weighted by molar-refractivity contribution is -0.112. The summed E-state index contributed by atoms with van der Waals surface area (Å²) in [6.45, 7) is 4.99. The molecule has 0 bridgehead atoms. The Morgan fingerprint density at radius 2 is 2.00 bits per heavy atom. The molecule has 0 atom stereocenters. The normalized spacial score (nSPS) is 11.2. The van der Waals surface area contributed by atoms with Crippen LogP contribution < -0.4 is 5.32 Å². The fourth-order valence-electron chi connectivity index (χ4n) is 1.15. The Labute approximate surface area is 113 Å². The number of hydrogen-bond donors (Lipinski definition) is 2. The first-order chi connectivity index (χ1) is 8.45. The Kier molecular flexibility index (Phi) is 4.69. The van der Waals surface area contributed by atoms with E-state index in [9.17, 15) is 9.90 Å². The highest BCUT2D eigenvalue weighted by Crippen LogP contribution is 2.16. The summed E-state index contributed by atoms with van der Waals surface area (Å²) in [4.78, 5) is 11.8. The van der Waals surface area contributed by atoms with Crippen LogP contribution in [0.25, 0.3) is 0 Å². The fraction of sp³-hybridized carbons (Fsp3) is 0.0769. The van der Waals surface area contributed by atoms with Gasteiger partial charge < -0.3 is 10.4 Å². The molecule has 0 radical (unpaired) electrons. The van der Waals surface area contributed by atoms with Crippen LogP contribution in [0.4, 0.5) is 5.69 Å². The maximum absolute atomic E-state index is 11.8. The van der Waals surface area contributed by atoms with E-state index in [4.69, 9.17) is 5.26 Å². The van der Waals surface area contributed by atoms with Crippen LogP contribution >= 0.6 is 15.9 Å². The smallest absolute Gasteiger partial charge is 0.270 e. The third-order valence-corrected chi connectivity index (χ3v) is 2.61. The second kappa shape index (κ2) is 6.03. The van der Waals surface area contributed by atoms with Crippen LogP contribution in [0.15, 0.2) is 52.2 Å². The molecule has 0 aliphatic rings. The van der Waals surface area contributed by atoms with Gasteiger partial charge in [-0.3, -0.25) is 4.79 Å². The molecule has 0 fully saturated rings. The molecular weight excluding hydrogens is 296 g/mol. The summed E-state index contributed by atoms with van der Waals surface area (Å²) < 4.78 is 0.876. The van der Waals surface area contributed by atoms with E-state index < -0.39 is 11.7 Å². The van der Waals surface area contributed by atoms with Crippen molar-refractivity contribution in [3.63, 3.8) is 0 Å².